The Bertz CT molecular complexity index is 5270. The summed E-state index contributed by atoms with van der Waals surface area (Å²) in [4.78, 5) is 213. The molecule has 0 unspecified atom stereocenters. The Morgan fingerprint density at radius 1 is 0.359 bits per heavy atom. The highest BCUT2D eigenvalue weighted by molar-refractivity contribution is 6.01. The molecule has 0 spiro atoms. The number of rotatable bonds is 55. The van der Waals surface area contributed by atoms with Gasteiger partial charge >= 0.3 is 0 Å². The van der Waals surface area contributed by atoms with Crippen molar-refractivity contribution in [2.24, 2.45) is 34.8 Å². The van der Waals surface area contributed by atoms with E-state index in [-0.39, 0.29) is 165 Å². The average Bonchev–Trinajstić information content (AvgIpc) is 1.49. The third-order valence-electron chi connectivity index (χ3n) is 26.1. The van der Waals surface area contributed by atoms with E-state index < -0.39 is 161 Å². The molecular formula is C106H142N22O14. The lowest BCUT2D eigenvalue weighted by atomic mass is 9.91. The molecule has 23 N–H and O–H groups in total. The van der Waals surface area contributed by atoms with Gasteiger partial charge in [0, 0.05) is 77.3 Å². The number of nitrogens with two attached hydrogens (primary N) is 4. The fourth-order valence-corrected chi connectivity index (χ4v) is 18.3. The van der Waals surface area contributed by atoms with Gasteiger partial charge in [-0.2, -0.15) is 0 Å². The maximum Gasteiger partial charge on any atom is 0.246 e. The molecule has 10 rings (SSSR count). The summed E-state index contributed by atoms with van der Waals surface area (Å²) in [5.74, 6) is -10.8. The number of nitrogens with one attached hydrogen (secondary N) is 15. The monoisotopic (exact) mass is 1950 g/mol. The number of amides is 14. The third-order valence-corrected chi connectivity index (χ3v) is 26.1. The van der Waals surface area contributed by atoms with E-state index in [1.165, 1.54) is 14.7 Å². The number of carbonyl (C=O) groups excluding carboxylic acids is 14. The lowest BCUT2D eigenvalue weighted by Crippen LogP contribution is -2.61. The van der Waals surface area contributed by atoms with Crippen LogP contribution in [-0.4, -0.2) is 240 Å². The van der Waals surface area contributed by atoms with Crippen molar-refractivity contribution in [3.63, 3.8) is 0 Å². The van der Waals surface area contributed by atoms with Gasteiger partial charge in [-0.25, -0.2) is 0 Å². The number of primary amides is 1. The molecule has 36 nitrogen and oxygen atoms in total. The first-order chi connectivity index (χ1) is 68.4. The van der Waals surface area contributed by atoms with Crippen LogP contribution in [-0.2, 0) is 99.2 Å². The second-order valence-electron chi connectivity index (χ2n) is 37.3. The Morgan fingerprint density at radius 3 is 0.993 bits per heavy atom. The van der Waals surface area contributed by atoms with E-state index in [0.717, 1.165) is 11.1 Å². The number of hydrogen-bond donors (Lipinski definition) is 19. The van der Waals surface area contributed by atoms with Crippen LogP contribution in [0.15, 0.2) is 212 Å². The van der Waals surface area contributed by atoms with Gasteiger partial charge in [0.25, 0.3) is 0 Å². The van der Waals surface area contributed by atoms with E-state index in [0.29, 0.717) is 72.9 Å². The van der Waals surface area contributed by atoms with Crippen molar-refractivity contribution in [3.05, 3.63) is 251 Å². The molecule has 14 atom stereocenters. The van der Waals surface area contributed by atoms with Crippen molar-refractivity contribution in [3.8, 4) is 0 Å². The second kappa shape index (κ2) is 56.7. The molecular weight excluding hydrogens is 1810 g/mol. The van der Waals surface area contributed by atoms with Gasteiger partial charge in [-0.15, -0.1) is 0 Å². The van der Waals surface area contributed by atoms with Gasteiger partial charge in [-0.1, -0.05) is 246 Å². The zero-order chi connectivity index (χ0) is 102. The summed E-state index contributed by atoms with van der Waals surface area (Å²) in [6.07, 6.45) is 3.04. The Hall–Kier alpha value is -14.4. The predicted octanol–water partition coefficient (Wildman–Crippen LogP) is 3.68. The third kappa shape index (κ3) is 34.2. The smallest absolute Gasteiger partial charge is 0.246 e. The van der Waals surface area contributed by atoms with Gasteiger partial charge in [-0.05, 0) is 147 Å². The number of nitrogens with zero attached hydrogens (tertiary/aromatic N) is 3. The Morgan fingerprint density at radius 2 is 0.662 bits per heavy atom. The molecule has 7 aromatic carbocycles. The van der Waals surface area contributed by atoms with Crippen LogP contribution >= 0.6 is 0 Å². The van der Waals surface area contributed by atoms with E-state index in [1.807, 2.05) is 88.4 Å². The zero-order valence-electron chi connectivity index (χ0n) is 81.6. The Labute approximate surface area is 831 Å². The van der Waals surface area contributed by atoms with Gasteiger partial charge in [0.1, 0.15) is 78.5 Å². The first kappa shape index (κ1) is 110. The van der Waals surface area contributed by atoms with E-state index in [9.17, 15) is 24.0 Å². The number of unbranched alkanes of at least 4 members (excludes halogenated alkanes) is 1. The summed E-state index contributed by atoms with van der Waals surface area (Å²) < 4.78 is 0. The van der Waals surface area contributed by atoms with Crippen LogP contribution in [0.1, 0.15) is 169 Å². The SMILES string of the molecule is CC[C@H](C)[C@H](NC(=O)CNCC(c1ccccc1)c1ccccc1)C(=O)N[C@@H](CC(C)C)C(=O)N1CCC[C@H]1C(=O)N[C@@H](Cc1ccccc1)C(=O)N[C@@H](CCCCN)C(=O)N[C@@H](Cc1ccccc1)C(=O)N1CCC[C@H]1C(=O)N[C@@H](Cc1ccccc1)C(=O)N[C@@H](Cc1ccccc1)C(=O)N1CCC[C@H]1C(=O)N[C@@H](Cc1ccccc1)C(=O)N[C@@H](CCCNC(=N)N)C(=O)N[C@@H](CCCNC(=N)N)C(N)=O. The van der Waals surface area contributed by atoms with Crippen molar-refractivity contribution in [2.75, 3.05) is 52.4 Å². The lowest BCUT2D eigenvalue weighted by molar-refractivity contribution is -0.143. The summed E-state index contributed by atoms with van der Waals surface area (Å²) in [6.45, 7) is 8.70. The molecule has 36 heteroatoms. The normalized spacial score (nSPS) is 16.8. The van der Waals surface area contributed by atoms with Crippen LogP contribution in [0.5, 0.6) is 0 Å². The van der Waals surface area contributed by atoms with Crippen molar-refractivity contribution >= 4 is 94.6 Å². The second-order valence-corrected chi connectivity index (χ2v) is 37.3. The summed E-state index contributed by atoms with van der Waals surface area (Å²) in [6, 6.07) is 47.7. The maximum absolute atomic E-state index is 15.7. The molecule has 0 aromatic heterocycles. The van der Waals surface area contributed by atoms with Crippen molar-refractivity contribution in [1.82, 2.24) is 83.8 Å². The molecule has 3 aliphatic rings. The summed E-state index contributed by atoms with van der Waals surface area (Å²) in [7, 11) is 0. The van der Waals surface area contributed by atoms with Crippen LogP contribution in [0.4, 0.5) is 0 Å². The van der Waals surface area contributed by atoms with Crippen LogP contribution in [0.3, 0.4) is 0 Å². The molecule has 0 saturated carbocycles. The number of carbonyl (C=O) groups is 14. The van der Waals surface area contributed by atoms with E-state index in [2.05, 4.69) is 69.1 Å². The van der Waals surface area contributed by atoms with Crippen molar-refractivity contribution in [2.45, 2.75) is 241 Å². The zero-order valence-corrected chi connectivity index (χ0v) is 81.6. The van der Waals surface area contributed by atoms with Crippen molar-refractivity contribution in [1.29, 1.82) is 10.8 Å². The molecule has 142 heavy (non-hydrogen) atoms. The molecule has 0 bridgehead atoms. The fraction of sp³-hybridized carbons (Fsp3) is 0.453. The number of hydrogen-bond acceptors (Lipinski definition) is 18. The summed E-state index contributed by atoms with van der Waals surface area (Å²) >= 11 is 0. The van der Waals surface area contributed by atoms with Gasteiger partial charge in [-0.3, -0.25) is 77.9 Å². The predicted molar refractivity (Wildman–Crippen MR) is 541 cm³/mol. The molecule has 0 aliphatic carbocycles. The minimum Gasteiger partial charge on any atom is -0.370 e. The van der Waals surface area contributed by atoms with E-state index in [4.69, 9.17) is 33.8 Å². The molecule has 14 amide bonds. The lowest BCUT2D eigenvalue weighted by Gasteiger charge is -2.32. The molecule has 3 aliphatic heterocycles. The first-order valence-corrected chi connectivity index (χ1v) is 49.5. The fourth-order valence-electron chi connectivity index (χ4n) is 18.3. The van der Waals surface area contributed by atoms with Crippen LogP contribution in [0, 0.1) is 22.7 Å². The Kier molecular flexibility index (Phi) is 43.8. The molecule has 760 valence electrons. The van der Waals surface area contributed by atoms with Gasteiger partial charge < -0.3 is 107 Å². The molecule has 7 aromatic rings. The van der Waals surface area contributed by atoms with Crippen molar-refractivity contribution < 1.29 is 67.1 Å². The Balaban J connectivity index is 0.842. The van der Waals surface area contributed by atoms with Gasteiger partial charge in [0.2, 0.25) is 82.7 Å². The van der Waals surface area contributed by atoms with E-state index >= 15 is 43.2 Å². The van der Waals surface area contributed by atoms with Crippen LogP contribution < -0.4 is 92.1 Å². The highest BCUT2D eigenvalue weighted by atomic mass is 16.2. The van der Waals surface area contributed by atoms with Crippen LogP contribution in [0.2, 0.25) is 0 Å². The van der Waals surface area contributed by atoms with E-state index in [1.54, 1.807) is 152 Å². The average molecular weight is 1950 g/mol. The topological polar surface area (TPSA) is 557 Å². The molecule has 0 radical (unpaired) electrons. The largest absolute Gasteiger partial charge is 0.370 e. The standard InChI is InChI=1S/C106H142N22O14/c1-5-69(4)91(125-90(129)67-113-66-77(75-44-23-11-24-45-75)76-46-25-12-26-47-76)101(139)124-84(60-68(2)3)102(140)126-57-31-51-87(126)98(136)119-81(61-70-34-13-6-14-35-70)95(133)117-79(48-27-28-54-107)94(132)122-85(64-73-40-19-9-20-41-73)103(141)127-58-32-53-89(127)100(138)121-83(63-72-38-17-8-18-39-72)97(135)123-86(65-74-42-21-10-22-43-74)104(142)128-59-33-52-88(128)99(137)120-82(62-71-36-15-7-16-37-71)96(134)118-80(50-30-56-115-106(111)112)93(131)116-78(92(108)130)49-29-55-114-105(109)110/h6-26,34-47,68-69,77-89,91,113H,5,27-33,48-67,107H2,1-4H3,(H2,108,130)(H,116,131)(H,117,133)(H,118,134)(H,119,136)(H,120,137)(H,121,138)(H,122,132)(H,123,135)(H,124,139)(H,125,129)(H4,109,110,114)(H4,111,112,115)/t69-,78-,79-,80-,81-,82-,83-,84-,85-,86-,87-,88-,89-,91-/m0/s1. The minimum atomic E-state index is -1.41. The number of guanidine groups is 2. The molecule has 3 fully saturated rings. The maximum atomic E-state index is 15.7. The first-order valence-electron chi connectivity index (χ1n) is 49.5. The van der Waals surface area contributed by atoms with Gasteiger partial charge in [0.15, 0.2) is 11.9 Å². The molecule has 3 heterocycles. The summed E-state index contributed by atoms with van der Waals surface area (Å²) in [5.41, 5.74) is 28.1. The van der Waals surface area contributed by atoms with Gasteiger partial charge in [0.05, 0.1) is 6.54 Å². The van der Waals surface area contributed by atoms with Crippen LogP contribution in [0.25, 0.3) is 0 Å². The number of benzene rings is 7. The highest BCUT2D eigenvalue weighted by Crippen LogP contribution is 2.28. The summed E-state index contributed by atoms with van der Waals surface area (Å²) in [5, 5.41) is 52.7. The number of likely N-dealkylation sites (tertiary alicyclic amines) is 3. The highest BCUT2D eigenvalue weighted by Gasteiger charge is 2.46. The minimum absolute atomic E-state index is 0.0234. The molecule has 3 saturated heterocycles. The quantitative estimate of drug-likeness (QED) is 0.0147.